The molecule has 34 heavy (non-hydrogen) atoms. The first-order chi connectivity index (χ1) is 16.2. The van der Waals surface area contributed by atoms with E-state index in [2.05, 4.69) is 34.1 Å². The topological polar surface area (TPSA) is 43.9 Å². The molecule has 0 radical (unpaired) electrons. The molecule has 0 unspecified atom stereocenters. The zero-order chi connectivity index (χ0) is 24.3. The lowest BCUT2D eigenvalue weighted by Crippen LogP contribution is -2.47. The Bertz CT molecular complexity index is 1190. The summed E-state index contributed by atoms with van der Waals surface area (Å²) >= 11 is 0. The minimum atomic E-state index is -3.95. The maximum Gasteiger partial charge on any atom is 0.264 e. The van der Waals surface area contributed by atoms with Crippen molar-refractivity contribution >= 4 is 21.4 Å². The molecule has 1 aliphatic heterocycles. The summed E-state index contributed by atoms with van der Waals surface area (Å²) in [7, 11) is 0.0616. The standard InChI is InChI=1S/C26H29F2N3O2S/c1-29(2)23-9-3-20(4-10-23)19-30-17-15-25(16-18-30)31(24-11-5-21(27)6-12-24)34(32,33)26-13-7-22(28)8-14-26/h3-14,25H,15-19H2,1-2H3. The van der Waals surface area contributed by atoms with E-state index in [-0.39, 0.29) is 10.9 Å². The molecule has 3 aromatic carbocycles. The van der Waals surface area contributed by atoms with Crippen LogP contribution in [0.15, 0.2) is 77.7 Å². The van der Waals surface area contributed by atoms with Gasteiger partial charge in [0.2, 0.25) is 0 Å². The summed E-state index contributed by atoms with van der Waals surface area (Å²) in [5.41, 5.74) is 2.75. The Labute approximate surface area is 200 Å². The van der Waals surface area contributed by atoms with Crippen molar-refractivity contribution in [3.8, 4) is 0 Å². The quantitative estimate of drug-likeness (QED) is 0.478. The van der Waals surface area contributed by atoms with Gasteiger partial charge in [-0.05, 0) is 79.1 Å². The van der Waals surface area contributed by atoms with Gasteiger partial charge >= 0.3 is 0 Å². The van der Waals surface area contributed by atoms with E-state index >= 15 is 0 Å². The lowest BCUT2D eigenvalue weighted by Gasteiger charge is -2.39. The Kier molecular flexibility index (Phi) is 7.19. The molecule has 1 fully saturated rings. The predicted octanol–water partition coefficient (Wildman–Crippen LogP) is 4.89. The van der Waals surface area contributed by atoms with E-state index in [1.807, 2.05) is 14.1 Å². The molecule has 4 rings (SSSR count). The van der Waals surface area contributed by atoms with Crippen molar-refractivity contribution in [2.24, 2.45) is 0 Å². The van der Waals surface area contributed by atoms with Crippen molar-refractivity contribution in [1.82, 2.24) is 4.90 Å². The third-order valence-electron chi connectivity index (χ3n) is 6.20. The third kappa shape index (κ3) is 5.39. The van der Waals surface area contributed by atoms with Crippen LogP contribution in [0.25, 0.3) is 0 Å². The van der Waals surface area contributed by atoms with E-state index < -0.39 is 21.7 Å². The number of hydrogen-bond acceptors (Lipinski definition) is 4. The number of rotatable bonds is 7. The van der Waals surface area contributed by atoms with Crippen molar-refractivity contribution in [1.29, 1.82) is 0 Å². The number of likely N-dealkylation sites (tertiary alicyclic amines) is 1. The van der Waals surface area contributed by atoms with Crippen molar-refractivity contribution < 1.29 is 17.2 Å². The Morgan fingerprint density at radius 3 is 1.82 bits per heavy atom. The molecule has 8 heteroatoms. The largest absolute Gasteiger partial charge is 0.378 e. The fourth-order valence-corrected chi connectivity index (χ4v) is 6.03. The maximum atomic E-state index is 13.6. The van der Waals surface area contributed by atoms with Gasteiger partial charge in [0.1, 0.15) is 11.6 Å². The van der Waals surface area contributed by atoms with Gasteiger partial charge in [0.25, 0.3) is 10.0 Å². The Hall–Kier alpha value is -2.97. The molecule has 0 atom stereocenters. The molecule has 180 valence electrons. The van der Waals surface area contributed by atoms with Crippen LogP contribution in [0.3, 0.4) is 0 Å². The fraction of sp³-hybridized carbons (Fsp3) is 0.308. The predicted molar refractivity (Wildman–Crippen MR) is 132 cm³/mol. The molecular weight excluding hydrogens is 456 g/mol. The molecule has 0 amide bonds. The van der Waals surface area contributed by atoms with Crippen LogP contribution >= 0.6 is 0 Å². The number of benzene rings is 3. The molecule has 0 spiro atoms. The lowest BCUT2D eigenvalue weighted by atomic mass is 10.0. The number of hydrogen-bond donors (Lipinski definition) is 0. The Morgan fingerprint density at radius 1 is 0.794 bits per heavy atom. The van der Waals surface area contributed by atoms with E-state index in [9.17, 15) is 17.2 Å². The van der Waals surface area contributed by atoms with Crippen LogP contribution in [0.4, 0.5) is 20.2 Å². The highest BCUT2D eigenvalue weighted by molar-refractivity contribution is 7.92. The highest BCUT2D eigenvalue weighted by atomic mass is 32.2. The van der Waals surface area contributed by atoms with Gasteiger partial charge in [0.15, 0.2) is 0 Å². The van der Waals surface area contributed by atoms with Crippen LogP contribution in [-0.4, -0.2) is 46.5 Å². The summed E-state index contributed by atoms with van der Waals surface area (Å²) in [6.45, 7) is 2.26. The lowest BCUT2D eigenvalue weighted by molar-refractivity contribution is 0.206. The number of halogens is 2. The van der Waals surface area contributed by atoms with Gasteiger partial charge in [-0.3, -0.25) is 9.21 Å². The van der Waals surface area contributed by atoms with Crippen LogP contribution in [-0.2, 0) is 16.6 Å². The molecule has 0 saturated carbocycles. The molecule has 3 aromatic rings. The van der Waals surface area contributed by atoms with Crippen molar-refractivity contribution in [3.63, 3.8) is 0 Å². The van der Waals surface area contributed by atoms with Gasteiger partial charge < -0.3 is 4.90 Å². The van der Waals surface area contributed by atoms with E-state index in [1.54, 1.807) is 0 Å². The van der Waals surface area contributed by atoms with Gasteiger partial charge in [-0.2, -0.15) is 0 Å². The highest BCUT2D eigenvalue weighted by Crippen LogP contribution is 2.31. The van der Waals surface area contributed by atoms with Crippen LogP contribution in [0.2, 0.25) is 0 Å². The molecule has 5 nitrogen and oxygen atoms in total. The third-order valence-corrected chi connectivity index (χ3v) is 8.09. The number of anilines is 2. The fourth-order valence-electron chi connectivity index (χ4n) is 4.32. The first-order valence-electron chi connectivity index (χ1n) is 11.3. The SMILES string of the molecule is CN(C)c1ccc(CN2CCC(N(c3ccc(F)cc3)S(=O)(=O)c3ccc(F)cc3)CC2)cc1. The Morgan fingerprint density at radius 2 is 1.29 bits per heavy atom. The summed E-state index contributed by atoms with van der Waals surface area (Å²) in [4.78, 5) is 4.39. The second-order valence-corrected chi connectivity index (χ2v) is 10.6. The molecule has 0 N–H and O–H groups in total. The van der Waals surface area contributed by atoms with Crippen LogP contribution in [0, 0.1) is 11.6 Å². The summed E-state index contributed by atoms with van der Waals surface area (Å²) < 4.78 is 55.5. The van der Waals surface area contributed by atoms with E-state index in [0.29, 0.717) is 18.5 Å². The van der Waals surface area contributed by atoms with E-state index in [0.717, 1.165) is 37.5 Å². The van der Waals surface area contributed by atoms with Gasteiger partial charge in [0.05, 0.1) is 10.6 Å². The molecular formula is C26H29F2N3O2S. The zero-order valence-corrected chi connectivity index (χ0v) is 20.2. The molecule has 1 saturated heterocycles. The van der Waals surface area contributed by atoms with Crippen LogP contribution < -0.4 is 9.21 Å². The average Bonchev–Trinajstić information content (AvgIpc) is 2.82. The molecule has 0 aliphatic carbocycles. The summed E-state index contributed by atoms with van der Waals surface area (Å²) in [6.07, 6.45) is 1.27. The second-order valence-electron chi connectivity index (χ2n) is 8.80. The highest BCUT2D eigenvalue weighted by Gasteiger charge is 2.34. The van der Waals surface area contributed by atoms with Crippen LogP contribution in [0.1, 0.15) is 18.4 Å². The zero-order valence-electron chi connectivity index (χ0n) is 19.4. The van der Waals surface area contributed by atoms with Gasteiger partial charge in [-0.25, -0.2) is 17.2 Å². The number of sulfonamides is 1. The smallest absolute Gasteiger partial charge is 0.264 e. The Balaban J connectivity index is 1.52. The molecule has 0 bridgehead atoms. The molecule has 1 aliphatic rings. The van der Waals surface area contributed by atoms with Gasteiger partial charge in [-0.1, -0.05) is 12.1 Å². The first-order valence-corrected chi connectivity index (χ1v) is 12.7. The van der Waals surface area contributed by atoms with Crippen LogP contribution in [0.5, 0.6) is 0 Å². The monoisotopic (exact) mass is 485 g/mol. The summed E-state index contributed by atoms with van der Waals surface area (Å²) in [5.74, 6) is -0.933. The minimum Gasteiger partial charge on any atom is -0.378 e. The molecule has 1 heterocycles. The molecule has 0 aromatic heterocycles. The second kappa shape index (κ2) is 10.1. The summed E-state index contributed by atoms with van der Waals surface area (Å²) in [6, 6.07) is 18.4. The normalized spacial score (nSPS) is 15.3. The first kappa shape index (κ1) is 24.2. The van der Waals surface area contributed by atoms with E-state index in [4.69, 9.17) is 0 Å². The maximum absolute atomic E-state index is 13.6. The van der Waals surface area contributed by atoms with E-state index in [1.165, 1.54) is 46.3 Å². The number of nitrogens with zero attached hydrogens (tertiary/aromatic N) is 3. The van der Waals surface area contributed by atoms with Gasteiger partial charge in [-0.15, -0.1) is 0 Å². The average molecular weight is 486 g/mol. The van der Waals surface area contributed by atoms with Crippen molar-refractivity contribution in [3.05, 3.63) is 90.0 Å². The van der Waals surface area contributed by atoms with Crippen molar-refractivity contribution in [2.45, 2.75) is 30.3 Å². The van der Waals surface area contributed by atoms with Gasteiger partial charge in [0, 0.05) is 45.5 Å². The minimum absolute atomic E-state index is 0.0154. The summed E-state index contributed by atoms with van der Waals surface area (Å²) in [5, 5.41) is 0. The van der Waals surface area contributed by atoms with Crippen molar-refractivity contribution in [2.75, 3.05) is 36.4 Å². The number of piperidine rings is 1.